The highest BCUT2D eigenvalue weighted by atomic mass is 35.5. The highest BCUT2D eigenvalue weighted by molar-refractivity contribution is 6.31. The van der Waals surface area contributed by atoms with E-state index in [0.29, 0.717) is 34.1 Å². The van der Waals surface area contributed by atoms with Crippen molar-refractivity contribution < 1.29 is 9.53 Å². The van der Waals surface area contributed by atoms with E-state index in [1.807, 2.05) is 13.0 Å². The van der Waals surface area contributed by atoms with Crippen LogP contribution in [0.1, 0.15) is 21.7 Å². The summed E-state index contributed by atoms with van der Waals surface area (Å²) in [5, 5.41) is 8.36. The minimum atomic E-state index is 0.310. The number of aryl methyl sites for hydroxylation is 1. The van der Waals surface area contributed by atoms with Crippen LogP contribution >= 0.6 is 11.6 Å². The van der Waals surface area contributed by atoms with Crippen molar-refractivity contribution >= 4 is 17.9 Å². The van der Waals surface area contributed by atoms with Crippen LogP contribution in [0.3, 0.4) is 0 Å². The van der Waals surface area contributed by atoms with Gasteiger partial charge in [0.1, 0.15) is 17.1 Å². The summed E-state index contributed by atoms with van der Waals surface area (Å²) in [6.45, 7) is 3.66. The van der Waals surface area contributed by atoms with Gasteiger partial charge in [-0.05, 0) is 25.5 Å². The Bertz CT molecular complexity index is 608. The number of carbonyl (C=O) groups excluding carboxylic acids is 1. The molecule has 18 heavy (non-hydrogen) atoms. The maximum absolute atomic E-state index is 10.8. The van der Waals surface area contributed by atoms with Crippen molar-refractivity contribution in [3.05, 3.63) is 34.1 Å². The smallest absolute Gasteiger partial charge is 0.172 e. The maximum Gasteiger partial charge on any atom is 0.172 e. The van der Waals surface area contributed by atoms with Crippen molar-refractivity contribution in [1.29, 1.82) is 0 Å². The zero-order valence-electron chi connectivity index (χ0n) is 10.3. The summed E-state index contributed by atoms with van der Waals surface area (Å²) in [7, 11) is 1.55. The Morgan fingerprint density at radius 3 is 2.67 bits per heavy atom. The molecule has 0 unspecified atom stereocenters. The number of nitrogens with zero attached hydrogens (tertiary/aromatic N) is 3. The first-order valence-corrected chi connectivity index (χ1v) is 5.68. The predicted octanol–water partition coefficient (Wildman–Crippen LogP) is 2.36. The Morgan fingerprint density at radius 1 is 1.39 bits per heavy atom. The van der Waals surface area contributed by atoms with Gasteiger partial charge in [-0.1, -0.05) is 16.8 Å². The second-order valence-corrected chi connectivity index (χ2v) is 4.27. The van der Waals surface area contributed by atoms with Crippen molar-refractivity contribution in [2.45, 2.75) is 13.8 Å². The van der Waals surface area contributed by atoms with Gasteiger partial charge >= 0.3 is 0 Å². The van der Waals surface area contributed by atoms with Crippen molar-refractivity contribution in [3.63, 3.8) is 0 Å². The topological polar surface area (TPSA) is 57.0 Å². The maximum atomic E-state index is 10.8. The van der Waals surface area contributed by atoms with Crippen LogP contribution in [-0.2, 0) is 0 Å². The lowest BCUT2D eigenvalue weighted by atomic mass is 10.2. The highest BCUT2D eigenvalue weighted by Gasteiger charge is 2.14. The molecule has 0 atom stereocenters. The molecule has 0 fully saturated rings. The molecule has 1 heterocycles. The summed E-state index contributed by atoms with van der Waals surface area (Å²) in [6.07, 6.45) is 0.675. The molecule has 0 saturated heterocycles. The SMILES string of the molecule is COc1cc(Cl)c(C)cc1-n1nnc(C=O)c1C. The van der Waals surface area contributed by atoms with Gasteiger partial charge in [-0.3, -0.25) is 4.79 Å². The molecular formula is C12H12ClN3O2. The average molecular weight is 266 g/mol. The van der Waals surface area contributed by atoms with E-state index >= 15 is 0 Å². The quantitative estimate of drug-likeness (QED) is 0.800. The molecule has 0 aliphatic rings. The molecule has 5 nitrogen and oxygen atoms in total. The molecular weight excluding hydrogens is 254 g/mol. The number of halogens is 1. The van der Waals surface area contributed by atoms with Gasteiger partial charge in [0.15, 0.2) is 6.29 Å². The number of aromatic nitrogens is 3. The molecule has 6 heteroatoms. The lowest BCUT2D eigenvalue weighted by molar-refractivity contribution is 0.111. The normalized spacial score (nSPS) is 10.4. The van der Waals surface area contributed by atoms with E-state index in [4.69, 9.17) is 16.3 Å². The lowest BCUT2D eigenvalue weighted by Crippen LogP contribution is -2.03. The van der Waals surface area contributed by atoms with E-state index < -0.39 is 0 Å². The van der Waals surface area contributed by atoms with Gasteiger partial charge in [0, 0.05) is 11.1 Å². The van der Waals surface area contributed by atoms with Gasteiger partial charge in [0.2, 0.25) is 0 Å². The predicted molar refractivity (Wildman–Crippen MR) is 67.8 cm³/mol. The fourth-order valence-electron chi connectivity index (χ4n) is 1.66. The fourth-order valence-corrected chi connectivity index (χ4v) is 1.81. The molecule has 0 aliphatic heterocycles. The van der Waals surface area contributed by atoms with Crippen LogP contribution in [0.25, 0.3) is 5.69 Å². The molecule has 0 bridgehead atoms. The zero-order valence-corrected chi connectivity index (χ0v) is 11.0. The summed E-state index contributed by atoms with van der Waals surface area (Å²) in [5.74, 6) is 0.580. The van der Waals surface area contributed by atoms with Crippen LogP contribution in [0.5, 0.6) is 5.75 Å². The number of methoxy groups -OCH3 is 1. The second kappa shape index (κ2) is 4.78. The number of carbonyl (C=O) groups is 1. The summed E-state index contributed by atoms with van der Waals surface area (Å²) in [4.78, 5) is 10.8. The molecule has 94 valence electrons. The molecule has 0 radical (unpaired) electrons. The van der Waals surface area contributed by atoms with Crippen LogP contribution in [0.15, 0.2) is 12.1 Å². The summed E-state index contributed by atoms with van der Waals surface area (Å²) >= 11 is 6.04. The Balaban J connectivity index is 2.66. The van der Waals surface area contributed by atoms with E-state index in [1.54, 1.807) is 24.8 Å². The standard InChI is InChI=1S/C12H12ClN3O2/c1-7-4-11(12(18-3)5-9(7)13)16-8(2)10(6-17)14-15-16/h4-6H,1-3H3. The largest absolute Gasteiger partial charge is 0.494 e. The molecule has 0 amide bonds. The molecule has 0 spiro atoms. The minimum absolute atomic E-state index is 0.310. The van der Waals surface area contributed by atoms with E-state index in [-0.39, 0.29) is 0 Å². The van der Waals surface area contributed by atoms with Gasteiger partial charge in [-0.2, -0.15) is 0 Å². The first-order valence-electron chi connectivity index (χ1n) is 5.30. The molecule has 1 aromatic heterocycles. The molecule has 0 aliphatic carbocycles. The number of rotatable bonds is 3. The van der Waals surface area contributed by atoms with E-state index in [1.165, 1.54) is 0 Å². The van der Waals surface area contributed by atoms with Crippen molar-refractivity contribution in [2.24, 2.45) is 0 Å². The van der Waals surface area contributed by atoms with Crippen molar-refractivity contribution in [1.82, 2.24) is 15.0 Å². The van der Waals surface area contributed by atoms with Crippen LogP contribution < -0.4 is 4.74 Å². The summed E-state index contributed by atoms with van der Waals surface area (Å²) in [6, 6.07) is 3.56. The molecule has 1 aromatic carbocycles. The highest BCUT2D eigenvalue weighted by Crippen LogP contribution is 2.30. The number of hydrogen-bond donors (Lipinski definition) is 0. The van der Waals surface area contributed by atoms with Gasteiger partial charge in [0.25, 0.3) is 0 Å². The summed E-state index contributed by atoms with van der Waals surface area (Å²) in [5.41, 5.74) is 2.57. The fraction of sp³-hybridized carbons (Fsp3) is 0.250. The average Bonchev–Trinajstić information content (AvgIpc) is 2.73. The van der Waals surface area contributed by atoms with Crippen molar-refractivity contribution in [3.8, 4) is 11.4 Å². The van der Waals surface area contributed by atoms with Crippen LogP contribution in [0.4, 0.5) is 0 Å². The third-order valence-electron chi connectivity index (χ3n) is 2.73. The number of ether oxygens (including phenoxy) is 1. The van der Waals surface area contributed by atoms with Crippen molar-refractivity contribution in [2.75, 3.05) is 7.11 Å². The van der Waals surface area contributed by atoms with Gasteiger partial charge < -0.3 is 4.74 Å². The number of aldehydes is 1. The minimum Gasteiger partial charge on any atom is -0.494 e. The molecule has 2 rings (SSSR count). The Morgan fingerprint density at radius 2 is 2.11 bits per heavy atom. The molecule has 0 N–H and O–H groups in total. The monoisotopic (exact) mass is 265 g/mol. The van der Waals surface area contributed by atoms with Gasteiger partial charge in [-0.25, -0.2) is 4.68 Å². The molecule has 2 aromatic rings. The van der Waals surface area contributed by atoms with Crippen LogP contribution in [-0.4, -0.2) is 28.4 Å². The van der Waals surface area contributed by atoms with Crippen LogP contribution in [0.2, 0.25) is 5.02 Å². The third kappa shape index (κ3) is 1.97. The van der Waals surface area contributed by atoms with E-state index in [0.717, 1.165) is 5.56 Å². The van der Waals surface area contributed by atoms with E-state index in [9.17, 15) is 4.79 Å². The van der Waals surface area contributed by atoms with Crippen LogP contribution in [0, 0.1) is 13.8 Å². The van der Waals surface area contributed by atoms with Gasteiger partial charge in [0.05, 0.1) is 12.8 Å². The number of hydrogen-bond acceptors (Lipinski definition) is 4. The Hall–Kier alpha value is -1.88. The zero-order chi connectivity index (χ0) is 13.3. The molecule has 0 saturated carbocycles. The van der Waals surface area contributed by atoms with Gasteiger partial charge in [-0.15, -0.1) is 5.10 Å². The Kier molecular flexibility index (Phi) is 3.34. The first kappa shape index (κ1) is 12.6. The number of benzene rings is 1. The lowest BCUT2D eigenvalue weighted by Gasteiger charge is -2.11. The Labute approximate surface area is 109 Å². The third-order valence-corrected chi connectivity index (χ3v) is 3.14. The first-order chi connectivity index (χ1) is 8.58. The summed E-state index contributed by atoms with van der Waals surface area (Å²) < 4.78 is 6.83. The second-order valence-electron chi connectivity index (χ2n) is 3.86. The van der Waals surface area contributed by atoms with E-state index in [2.05, 4.69) is 10.3 Å².